The van der Waals surface area contributed by atoms with Crippen molar-refractivity contribution in [3.63, 3.8) is 0 Å². The molecule has 0 spiro atoms. The summed E-state index contributed by atoms with van der Waals surface area (Å²) in [6.07, 6.45) is 5.32. The number of carbonyl (C=O) groups excluding carboxylic acids is 3. The Morgan fingerprint density at radius 3 is 2.44 bits per heavy atom. The summed E-state index contributed by atoms with van der Waals surface area (Å²) < 4.78 is 0. The monoisotopic (exact) mass is 367 g/mol. The highest BCUT2D eigenvalue weighted by Gasteiger charge is 2.27. The summed E-state index contributed by atoms with van der Waals surface area (Å²) in [6.45, 7) is 0.700. The molecule has 1 saturated heterocycles. The Morgan fingerprint density at radius 2 is 1.80 bits per heavy atom. The SMILES string of the molecule is Cl.NCCCCCCC(=O)Nc1ccc(C2CCC(=O)NC2=O)cc1. The minimum Gasteiger partial charge on any atom is -0.330 e. The third-order valence-corrected chi connectivity index (χ3v) is 4.19. The van der Waals surface area contributed by atoms with Crippen LogP contribution in [0.2, 0.25) is 0 Å². The lowest BCUT2D eigenvalue weighted by Gasteiger charge is -2.21. The van der Waals surface area contributed by atoms with E-state index in [-0.39, 0.29) is 36.0 Å². The highest BCUT2D eigenvalue weighted by Crippen LogP contribution is 2.25. The second kappa shape index (κ2) is 10.8. The molecule has 1 atom stereocenters. The predicted octanol–water partition coefficient (Wildman–Crippen LogP) is 2.48. The van der Waals surface area contributed by atoms with Gasteiger partial charge in [-0.2, -0.15) is 0 Å². The van der Waals surface area contributed by atoms with Crippen LogP contribution in [0.1, 0.15) is 56.4 Å². The van der Waals surface area contributed by atoms with Gasteiger partial charge >= 0.3 is 0 Å². The number of halogens is 1. The second-order valence-electron chi connectivity index (χ2n) is 6.13. The van der Waals surface area contributed by atoms with E-state index in [1.54, 1.807) is 12.1 Å². The number of hydrogen-bond acceptors (Lipinski definition) is 4. The Morgan fingerprint density at radius 1 is 1.12 bits per heavy atom. The van der Waals surface area contributed by atoms with E-state index in [1.807, 2.05) is 12.1 Å². The van der Waals surface area contributed by atoms with E-state index in [9.17, 15) is 14.4 Å². The average molecular weight is 368 g/mol. The Hall–Kier alpha value is -1.92. The van der Waals surface area contributed by atoms with Gasteiger partial charge in [0.05, 0.1) is 5.92 Å². The number of carbonyl (C=O) groups is 3. The topological polar surface area (TPSA) is 101 Å². The maximum atomic E-state index is 11.9. The zero-order chi connectivity index (χ0) is 17.4. The van der Waals surface area contributed by atoms with Crippen molar-refractivity contribution >= 4 is 35.8 Å². The minimum absolute atomic E-state index is 0. The third kappa shape index (κ3) is 6.84. The Balaban J connectivity index is 0.00000312. The summed E-state index contributed by atoms with van der Waals surface area (Å²) in [5, 5.41) is 5.22. The number of nitrogens with one attached hydrogen (secondary N) is 2. The molecule has 138 valence electrons. The number of unbranched alkanes of at least 4 members (excludes halogenated alkanes) is 3. The molecule has 4 N–H and O–H groups in total. The fraction of sp³-hybridized carbons (Fsp3) is 0.500. The molecule has 1 aromatic rings. The molecule has 1 heterocycles. The molecule has 0 aliphatic carbocycles. The summed E-state index contributed by atoms with van der Waals surface area (Å²) >= 11 is 0. The summed E-state index contributed by atoms with van der Waals surface area (Å²) in [4.78, 5) is 34.9. The maximum Gasteiger partial charge on any atom is 0.234 e. The highest BCUT2D eigenvalue weighted by molar-refractivity contribution is 6.01. The predicted molar refractivity (Wildman–Crippen MR) is 99.6 cm³/mol. The van der Waals surface area contributed by atoms with E-state index in [4.69, 9.17) is 5.73 Å². The van der Waals surface area contributed by atoms with Crippen LogP contribution < -0.4 is 16.4 Å². The lowest BCUT2D eigenvalue weighted by molar-refractivity contribution is -0.134. The first kappa shape index (κ1) is 21.1. The molecule has 3 amide bonds. The average Bonchev–Trinajstić information content (AvgIpc) is 2.56. The fourth-order valence-corrected chi connectivity index (χ4v) is 2.82. The van der Waals surface area contributed by atoms with Crippen molar-refractivity contribution in [3.05, 3.63) is 29.8 Å². The molecular formula is C18H26ClN3O3. The van der Waals surface area contributed by atoms with Crippen LogP contribution in [0.25, 0.3) is 0 Å². The minimum atomic E-state index is -0.296. The van der Waals surface area contributed by atoms with Gasteiger partial charge in [0.1, 0.15) is 0 Å². The van der Waals surface area contributed by atoms with Gasteiger partial charge in [-0.3, -0.25) is 19.7 Å². The van der Waals surface area contributed by atoms with Crippen LogP contribution in [0.5, 0.6) is 0 Å². The van der Waals surface area contributed by atoms with Gasteiger partial charge in [0, 0.05) is 18.5 Å². The van der Waals surface area contributed by atoms with Gasteiger partial charge < -0.3 is 11.1 Å². The molecule has 0 bridgehead atoms. The number of amides is 3. The third-order valence-electron chi connectivity index (χ3n) is 4.19. The molecule has 1 unspecified atom stereocenters. The summed E-state index contributed by atoms with van der Waals surface area (Å²) in [7, 11) is 0. The van der Waals surface area contributed by atoms with Gasteiger partial charge in [-0.1, -0.05) is 25.0 Å². The molecule has 1 aliphatic heterocycles. The van der Waals surface area contributed by atoms with E-state index in [2.05, 4.69) is 10.6 Å². The van der Waals surface area contributed by atoms with Crippen molar-refractivity contribution in [2.75, 3.05) is 11.9 Å². The number of nitrogens with two attached hydrogens (primary N) is 1. The van der Waals surface area contributed by atoms with E-state index in [1.165, 1.54) is 0 Å². The highest BCUT2D eigenvalue weighted by atomic mass is 35.5. The van der Waals surface area contributed by atoms with Crippen molar-refractivity contribution < 1.29 is 14.4 Å². The van der Waals surface area contributed by atoms with Crippen LogP contribution in [0.4, 0.5) is 5.69 Å². The zero-order valence-corrected chi connectivity index (χ0v) is 15.1. The first-order valence-electron chi connectivity index (χ1n) is 8.53. The van der Waals surface area contributed by atoms with E-state index in [0.29, 0.717) is 25.8 Å². The van der Waals surface area contributed by atoms with Crippen molar-refractivity contribution in [1.29, 1.82) is 0 Å². The number of hydrogen-bond donors (Lipinski definition) is 3. The molecule has 7 heteroatoms. The van der Waals surface area contributed by atoms with Crippen molar-refractivity contribution in [1.82, 2.24) is 5.32 Å². The molecule has 0 radical (unpaired) electrons. The van der Waals surface area contributed by atoms with Gasteiger partial charge in [-0.25, -0.2) is 0 Å². The van der Waals surface area contributed by atoms with Crippen LogP contribution in [-0.4, -0.2) is 24.3 Å². The van der Waals surface area contributed by atoms with E-state index < -0.39 is 0 Å². The summed E-state index contributed by atoms with van der Waals surface area (Å²) in [6, 6.07) is 7.25. The summed E-state index contributed by atoms with van der Waals surface area (Å²) in [5.74, 6) is -0.765. The summed E-state index contributed by atoms with van der Waals surface area (Å²) in [5.41, 5.74) is 7.01. The molecule has 1 aliphatic rings. The van der Waals surface area contributed by atoms with Gasteiger partial charge in [0.15, 0.2) is 0 Å². The molecule has 2 rings (SSSR count). The van der Waals surface area contributed by atoms with E-state index in [0.717, 1.165) is 36.9 Å². The van der Waals surface area contributed by atoms with Gasteiger partial charge in [-0.15, -0.1) is 12.4 Å². The maximum absolute atomic E-state index is 11.9. The number of imide groups is 1. The van der Waals surface area contributed by atoms with Crippen molar-refractivity contribution in [2.24, 2.45) is 5.73 Å². The lowest BCUT2D eigenvalue weighted by Crippen LogP contribution is -2.39. The van der Waals surface area contributed by atoms with Crippen LogP contribution >= 0.6 is 12.4 Å². The quantitative estimate of drug-likeness (QED) is 0.485. The molecule has 0 saturated carbocycles. The number of rotatable bonds is 8. The standard InChI is InChI=1S/C18H25N3O3.ClH/c19-12-4-2-1-3-5-16(22)20-14-8-6-13(7-9-14)15-10-11-17(23)21-18(15)24;/h6-9,15H,1-5,10-12,19H2,(H,20,22)(H,21,23,24);1H. The van der Waals surface area contributed by atoms with Crippen LogP contribution in [0, 0.1) is 0 Å². The van der Waals surface area contributed by atoms with E-state index >= 15 is 0 Å². The molecule has 25 heavy (non-hydrogen) atoms. The Bertz CT molecular complexity index is 590. The number of benzene rings is 1. The van der Waals surface area contributed by atoms with Crippen molar-refractivity contribution in [2.45, 2.75) is 50.9 Å². The van der Waals surface area contributed by atoms with Crippen LogP contribution in [0.15, 0.2) is 24.3 Å². The van der Waals surface area contributed by atoms with Crippen LogP contribution in [-0.2, 0) is 14.4 Å². The normalized spacial score (nSPS) is 16.8. The molecule has 6 nitrogen and oxygen atoms in total. The first-order valence-corrected chi connectivity index (χ1v) is 8.53. The Kier molecular flexibility index (Phi) is 9.16. The van der Waals surface area contributed by atoms with Gasteiger partial charge in [0.25, 0.3) is 0 Å². The molecular weight excluding hydrogens is 342 g/mol. The molecule has 1 aromatic carbocycles. The zero-order valence-electron chi connectivity index (χ0n) is 14.3. The van der Waals surface area contributed by atoms with Crippen molar-refractivity contribution in [3.8, 4) is 0 Å². The molecule has 1 fully saturated rings. The van der Waals surface area contributed by atoms with Gasteiger partial charge in [-0.05, 0) is 43.5 Å². The largest absolute Gasteiger partial charge is 0.330 e. The fourth-order valence-electron chi connectivity index (χ4n) is 2.82. The van der Waals surface area contributed by atoms with Crippen LogP contribution in [0.3, 0.4) is 0 Å². The lowest BCUT2D eigenvalue weighted by atomic mass is 9.90. The number of piperidine rings is 1. The number of anilines is 1. The second-order valence-corrected chi connectivity index (χ2v) is 6.13. The molecule has 0 aromatic heterocycles. The van der Waals surface area contributed by atoms with Gasteiger partial charge in [0.2, 0.25) is 17.7 Å². The first-order chi connectivity index (χ1) is 11.6. The Labute approximate surface area is 154 Å². The smallest absolute Gasteiger partial charge is 0.234 e.